The number of sulfonamides is 1. The molecule has 3 rings (SSSR count). The number of hydrogen-bond acceptors (Lipinski definition) is 5. The van der Waals surface area contributed by atoms with E-state index in [1.165, 1.54) is 24.4 Å². The summed E-state index contributed by atoms with van der Waals surface area (Å²) < 4.78 is 52.7. The zero-order chi connectivity index (χ0) is 17.2. The molecular weight excluding hydrogens is 356 g/mol. The number of aromatic nitrogens is 1. The van der Waals surface area contributed by atoms with E-state index in [-0.39, 0.29) is 10.0 Å². The van der Waals surface area contributed by atoms with Gasteiger partial charge in [-0.25, -0.2) is 22.2 Å². The number of halogens is 2. The van der Waals surface area contributed by atoms with Crippen LogP contribution in [0.1, 0.15) is 0 Å². The summed E-state index contributed by atoms with van der Waals surface area (Å²) in [5.74, 6) is -1.75. The van der Waals surface area contributed by atoms with Gasteiger partial charge in [-0.3, -0.25) is 4.72 Å². The lowest BCUT2D eigenvalue weighted by atomic mass is 10.3. The van der Waals surface area contributed by atoms with Crippen LogP contribution < -0.4 is 10.0 Å². The summed E-state index contributed by atoms with van der Waals surface area (Å²) in [5, 5.41) is 4.51. The molecule has 9 heteroatoms. The third kappa shape index (κ3) is 3.69. The van der Waals surface area contributed by atoms with E-state index in [9.17, 15) is 17.2 Å². The van der Waals surface area contributed by atoms with Crippen LogP contribution in [0.3, 0.4) is 0 Å². The van der Waals surface area contributed by atoms with Gasteiger partial charge in [0, 0.05) is 11.8 Å². The lowest BCUT2D eigenvalue weighted by molar-refractivity contribution is 0.509. The summed E-state index contributed by atoms with van der Waals surface area (Å²) in [4.78, 5) is 3.99. The SMILES string of the molecule is O=S(=O)(Nc1ccc(Nc2ccc(F)c(F)c2)cn1)c1cccs1. The van der Waals surface area contributed by atoms with Crippen LogP contribution in [0.4, 0.5) is 26.0 Å². The minimum atomic E-state index is -3.66. The highest BCUT2D eigenvalue weighted by molar-refractivity contribution is 7.94. The van der Waals surface area contributed by atoms with Crippen molar-refractivity contribution in [2.24, 2.45) is 0 Å². The number of anilines is 3. The molecule has 0 bridgehead atoms. The van der Waals surface area contributed by atoms with Gasteiger partial charge >= 0.3 is 0 Å². The topological polar surface area (TPSA) is 71.1 Å². The quantitative estimate of drug-likeness (QED) is 0.716. The molecule has 5 nitrogen and oxygen atoms in total. The van der Waals surface area contributed by atoms with Gasteiger partial charge in [-0.1, -0.05) is 6.07 Å². The number of hydrogen-bond donors (Lipinski definition) is 2. The Balaban J connectivity index is 1.72. The van der Waals surface area contributed by atoms with Crippen molar-refractivity contribution in [3.05, 3.63) is 65.7 Å². The van der Waals surface area contributed by atoms with Crippen LogP contribution in [-0.4, -0.2) is 13.4 Å². The molecule has 3 aromatic rings. The fraction of sp³-hybridized carbons (Fsp3) is 0. The zero-order valence-corrected chi connectivity index (χ0v) is 13.7. The first-order valence-electron chi connectivity index (χ1n) is 6.68. The molecule has 0 aliphatic carbocycles. The highest BCUT2D eigenvalue weighted by atomic mass is 32.2. The lowest BCUT2D eigenvalue weighted by Crippen LogP contribution is -2.12. The Bertz CT molecular complexity index is 943. The number of nitrogens with zero attached hydrogens (tertiary/aromatic N) is 1. The third-order valence-electron chi connectivity index (χ3n) is 2.97. The van der Waals surface area contributed by atoms with Crippen molar-refractivity contribution in [3.63, 3.8) is 0 Å². The van der Waals surface area contributed by atoms with Crippen LogP contribution in [0.15, 0.2) is 58.3 Å². The molecule has 2 N–H and O–H groups in total. The van der Waals surface area contributed by atoms with Gasteiger partial charge in [0.2, 0.25) is 0 Å². The number of thiophene rings is 1. The van der Waals surface area contributed by atoms with E-state index in [0.717, 1.165) is 23.5 Å². The number of rotatable bonds is 5. The number of pyridine rings is 1. The molecule has 24 heavy (non-hydrogen) atoms. The highest BCUT2D eigenvalue weighted by Crippen LogP contribution is 2.22. The first-order valence-corrected chi connectivity index (χ1v) is 9.05. The Kier molecular flexibility index (Phi) is 4.45. The Morgan fingerprint density at radius 2 is 1.79 bits per heavy atom. The van der Waals surface area contributed by atoms with Gasteiger partial charge in [0.1, 0.15) is 10.0 Å². The zero-order valence-electron chi connectivity index (χ0n) is 12.0. The molecule has 0 unspecified atom stereocenters. The molecule has 0 saturated carbocycles. The summed E-state index contributed by atoms with van der Waals surface area (Å²) in [6.45, 7) is 0. The maximum atomic E-state index is 13.2. The Morgan fingerprint density at radius 1 is 1.00 bits per heavy atom. The van der Waals surface area contributed by atoms with Gasteiger partial charge in [-0.2, -0.15) is 0 Å². The molecule has 0 aliphatic heterocycles. The molecule has 0 amide bonds. The largest absolute Gasteiger partial charge is 0.354 e. The summed E-state index contributed by atoms with van der Waals surface area (Å²) in [7, 11) is -3.66. The van der Waals surface area contributed by atoms with Crippen LogP contribution >= 0.6 is 11.3 Å². The smallest absolute Gasteiger partial charge is 0.272 e. The van der Waals surface area contributed by atoms with Gasteiger partial charge in [0.25, 0.3) is 10.0 Å². The maximum absolute atomic E-state index is 13.2. The van der Waals surface area contributed by atoms with Crippen molar-refractivity contribution in [1.82, 2.24) is 4.98 Å². The molecule has 0 saturated heterocycles. The van der Waals surface area contributed by atoms with Crippen molar-refractivity contribution in [3.8, 4) is 0 Å². The minimum Gasteiger partial charge on any atom is -0.354 e. The average molecular weight is 367 g/mol. The van der Waals surface area contributed by atoms with Crippen molar-refractivity contribution in [2.45, 2.75) is 4.21 Å². The van der Waals surface area contributed by atoms with Gasteiger partial charge in [0.15, 0.2) is 11.6 Å². The predicted octanol–water partition coefficient (Wildman–Crippen LogP) is 3.97. The van der Waals surface area contributed by atoms with Gasteiger partial charge in [-0.05, 0) is 35.7 Å². The van der Waals surface area contributed by atoms with E-state index in [0.29, 0.717) is 11.4 Å². The van der Waals surface area contributed by atoms with Crippen molar-refractivity contribution < 1.29 is 17.2 Å². The average Bonchev–Trinajstić information content (AvgIpc) is 3.08. The Labute approximate surface area is 141 Å². The number of benzene rings is 1. The molecule has 0 fully saturated rings. The molecular formula is C15H11F2N3O2S2. The van der Waals surface area contributed by atoms with Crippen LogP contribution in [0.25, 0.3) is 0 Å². The van der Waals surface area contributed by atoms with Crippen LogP contribution in [-0.2, 0) is 10.0 Å². The fourth-order valence-electron chi connectivity index (χ4n) is 1.87. The lowest BCUT2D eigenvalue weighted by Gasteiger charge is -2.08. The molecule has 0 atom stereocenters. The second-order valence-corrected chi connectivity index (χ2v) is 7.58. The summed E-state index contributed by atoms with van der Waals surface area (Å²) >= 11 is 1.10. The van der Waals surface area contributed by atoms with E-state index >= 15 is 0 Å². The number of nitrogens with one attached hydrogen (secondary N) is 2. The minimum absolute atomic E-state index is 0.152. The third-order valence-corrected chi connectivity index (χ3v) is 5.72. The van der Waals surface area contributed by atoms with E-state index < -0.39 is 21.7 Å². The molecule has 2 heterocycles. The standard InChI is InChI=1S/C15H11F2N3O2S2/c16-12-5-3-10(8-13(12)17)19-11-4-6-14(18-9-11)20-24(21,22)15-2-1-7-23-15/h1-9,19H,(H,18,20). The van der Waals surface area contributed by atoms with Crippen molar-refractivity contribution in [1.29, 1.82) is 0 Å². The molecule has 2 aromatic heterocycles. The van der Waals surface area contributed by atoms with E-state index in [1.54, 1.807) is 17.5 Å². The normalized spacial score (nSPS) is 11.2. The molecule has 124 valence electrons. The molecule has 0 spiro atoms. The fourth-order valence-corrected chi connectivity index (χ4v) is 3.87. The summed E-state index contributed by atoms with van der Waals surface area (Å²) in [6, 6.07) is 9.57. The van der Waals surface area contributed by atoms with Crippen LogP contribution in [0, 0.1) is 11.6 Å². The van der Waals surface area contributed by atoms with Crippen molar-refractivity contribution in [2.75, 3.05) is 10.0 Å². The first kappa shape index (κ1) is 16.3. The first-order chi connectivity index (χ1) is 11.4. The predicted molar refractivity (Wildman–Crippen MR) is 89.0 cm³/mol. The Morgan fingerprint density at radius 3 is 2.42 bits per heavy atom. The van der Waals surface area contributed by atoms with E-state index in [2.05, 4.69) is 15.0 Å². The van der Waals surface area contributed by atoms with Crippen molar-refractivity contribution >= 4 is 38.6 Å². The van der Waals surface area contributed by atoms with Crippen LogP contribution in [0.5, 0.6) is 0 Å². The molecule has 0 radical (unpaired) electrons. The van der Waals surface area contributed by atoms with E-state index in [4.69, 9.17) is 0 Å². The van der Waals surface area contributed by atoms with E-state index in [1.807, 2.05) is 0 Å². The summed E-state index contributed by atoms with van der Waals surface area (Å²) in [6.07, 6.45) is 1.38. The van der Waals surface area contributed by atoms with Gasteiger partial charge in [0.05, 0.1) is 11.9 Å². The monoisotopic (exact) mass is 367 g/mol. The van der Waals surface area contributed by atoms with Crippen LogP contribution in [0.2, 0.25) is 0 Å². The highest BCUT2D eigenvalue weighted by Gasteiger charge is 2.15. The second kappa shape index (κ2) is 6.54. The van der Waals surface area contributed by atoms with Gasteiger partial charge < -0.3 is 5.32 Å². The molecule has 0 aliphatic rings. The second-order valence-electron chi connectivity index (χ2n) is 4.72. The maximum Gasteiger partial charge on any atom is 0.272 e. The van der Waals surface area contributed by atoms with Gasteiger partial charge in [-0.15, -0.1) is 11.3 Å². The Hall–Kier alpha value is -2.52. The summed E-state index contributed by atoms with van der Waals surface area (Å²) in [5.41, 5.74) is 0.850. The molecule has 1 aromatic carbocycles.